The van der Waals surface area contributed by atoms with Gasteiger partial charge in [-0.15, -0.1) is 0 Å². The Morgan fingerprint density at radius 3 is 2.31 bits per heavy atom. The highest BCUT2D eigenvalue weighted by Crippen LogP contribution is 2.65. The molecule has 0 radical (unpaired) electrons. The SMILES string of the molecule is Nc1ncnc2c1ncn2[C@@H]1O[C@H](CO[P+]([O-])(O)O[P+]([O-])(O)OC[C@H]2O[C@@H]([n+]3ccc4c(c3)C(=O)N[C@@]4(O)c3ccncc3)[C@H](O)[C@@H]2O)[C@@H](O)[C@H]1O. The largest absolute Gasteiger partial charge is 0.603 e. The van der Waals surface area contributed by atoms with Crippen LogP contribution in [0.25, 0.3) is 11.2 Å². The Labute approximate surface area is 292 Å². The van der Waals surface area contributed by atoms with Crippen molar-refractivity contribution in [2.45, 2.75) is 54.8 Å². The second kappa shape index (κ2) is 13.7. The number of amides is 1. The minimum atomic E-state index is -5.43. The van der Waals surface area contributed by atoms with Crippen LogP contribution in [-0.2, 0) is 28.6 Å². The minimum Gasteiger partial charge on any atom is -0.603 e. The zero-order valence-corrected chi connectivity index (χ0v) is 28.1. The number of carbonyl (C=O) groups is 1. The summed E-state index contributed by atoms with van der Waals surface area (Å²) in [6.45, 7) is -1.86. The number of aromatic nitrogens is 6. The molecule has 25 heteroatoms. The van der Waals surface area contributed by atoms with Crippen molar-refractivity contribution in [2.75, 3.05) is 18.9 Å². The number of hydrogen-bond acceptors (Lipinski definition) is 20. The van der Waals surface area contributed by atoms with Crippen LogP contribution in [0.1, 0.15) is 33.9 Å². The Kier molecular flexibility index (Phi) is 9.67. The molecule has 7 heterocycles. The molecule has 0 aromatic carbocycles. The lowest BCUT2D eigenvalue weighted by Crippen LogP contribution is -2.46. The third kappa shape index (κ3) is 6.71. The summed E-state index contributed by atoms with van der Waals surface area (Å²) in [6, 6.07) is 4.43. The molecule has 278 valence electrons. The van der Waals surface area contributed by atoms with Gasteiger partial charge in [0, 0.05) is 33.9 Å². The number of ether oxygens (including phenoxy) is 2. The number of nitrogens with one attached hydrogen (secondary N) is 1. The molecule has 0 spiro atoms. The molecule has 10 N–H and O–H groups in total. The van der Waals surface area contributed by atoms with Gasteiger partial charge in [0.05, 0.1) is 6.33 Å². The molecule has 3 aliphatic rings. The van der Waals surface area contributed by atoms with Gasteiger partial charge in [-0.05, 0) is 12.1 Å². The molecule has 2 fully saturated rings. The fourth-order valence-electron chi connectivity index (χ4n) is 6.07. The lowest BCUT2D eigenvalue weighted by atomic mass is 9.96. The highest BCUT2D eigenvalue weighted by molar-refractivity contribution is 7.66. The molecule has 0 bridgehead atoms. The number of rotatable bonds is 11. The number of phosphoric acid groups is 2. The van der Waals surface area contributed by atoms with Crippen LogP contribution in [0.5, 0.6) is 0 Å². The van der Waals surface area contributed by atoms with Gasteiger partial charge in [0.25, 0.3) is 12.1 Å². The van der Waals surface area contributed by atoms with E-state index < -0.39 is 90.3 Å². The van der Waals surface area contributed by atoms with E-state index in [-0.39, 0.29) is 28.1 Å². The number of aliphatic hydroxyl groups excluding tert-OH is 4. The van der Waals surface area contributed by atoms with Crippen molar-refractivity contribution in [1.82, 2.24) is 29.8 Å². The molecule has 2 unspecified atom stereocenters. The average molecular weight is 770 g/mol. The number of pyridine rings is 2. The molecule has 2 saturated heterocycles. The number of phosphoric ester groups is 2. The van der Waals surface area contributed by atoms with E-state index in [2.05, 4.69) is 29.6 Å². The predicted octanol–water partition coefficient (Wildman–Crippen LogP) is -4.92. The van der Waals surface area contributed by atoms with Crippen molar-refractivity contribution in [2.24, 2.45) is 0 Å². The first kappa shape index (κ1) is 36.8. The number of fused-ring (bicyclic) bond motifs is 2. The maximum atomic E-state index is 12.8. The van der Waals surface area contributed by atoms with E-state index >= 15 is 0 Å². The van der Waals surface area contributed by atoms with Gasteiger partial charge < -0.3 is 55.8 Å². The molecule has 4 aromatic heterocycles. The summed E-state index contributed by atoms with van der Waals surface area (Å²) in [6.07, 6.45) is -4.39. The van der Waals surface area contributed by atoms with Crippen molar-refractivity contribution in [3.05, 3.63) is 72.3 Å². The van der Waals surface area contributed by atoms with Crippen LogP contribution >= 0.6 is 16.3 Å². The van der Waals surface area contributed by atoms with Crippen molar-refractivity contribution in [3.63, 3.8) is 0 Å². The molecule has 23 nitrogen and oxygen atoms in total. The monoisotopic (exact) mass is 769 g/mol. The zero-order chi connectivity index (χ0) is 37.2. The standard InChI is InChI=1S/C27H30N8O15P2/c28-22-17-23(31-10-30-22)35(11-32-17)26-21(39)19(37)16(49-26)9-47-52(44,45)50-51(42,43)46-8-15-18(36)20(38)25(48-15)34-6-3-14-13(7-34)24(40)33-27(14,41)12-1-4-29-5-2-12/h1-7,10-11,15-16,18-21,25-26,36-39,41H,8-9H2,(H4-,28,30,31,33,40,42,43,44,45)/p+1/t15-,16-,18-,19-,20-,21-,25-,26-,27-/m1/s1. The molecular weight excluding hydrogens is 738 g/mol. The Morgan fingerprint density at radius 1 is 0.962 bits per heavy atom. The normalized spacial score (nSPS) is 32.4. The van der Waals surface area contributed by atoms with Crippen molar-refractivity contribution < 1.29 is 77.3 Å². The summed E-state index contributed by atoms with van der Waals surface area (Å²) in [5.41, 5.74) is 4.80. The molecule has 7 rings (SSSR count). The summed E-state index contributed by atoms with van der Waals surface area (Å²) >= 11 is 0. The molecule has 52 heavy (non-hydrogen) atoms. The number of carbonyl (C=O) groups excluding carboxylic acids is 1. The van der Waals surface area contributed by atoms with Gasteiger partial charge >= 0.3 is 16.3 Å². The van der Waals surface area contributed by atoms with Crippen molar-refractivity contribution in [3.8, 4) is 0 Å². The number of hydrogen-bond donors (Lipinski definition) is 9. The number of imidazole rings is 1. The lowest BCUT2D eigenvalue weighted by Gasteiger charge is -2.25. The fourth-order valence-corrected chi connectivity index (χ4v) is 8.16. The molecular formula is C27H31N8O15P2+. The summed E-state index contributed by atoms with van der Waals surface area (Å²) in [5.74, 6) is -0.607. The average Bonchev–Trinajstić information content (AvgIpc) is 3.82. The quantitative estimate of drug-likeness (QED) is 0.0510. The highest BCUT2D eigenvalue weighted by Gasteiger charge is 2.54. The Morgan fingerprint density at radius 2 is 1.62 bits per heavy atom. The van der Waals surface area contributed by atoms with Crippen LogP contribution < -0.4 is 25.4 Å². The van der Waals surface area contributed by atoms with Gasteiger partial charge in [0.1, 0.15) is 61.1 Å². The number of nitrogens with two attached hydrogens (primary N) is 1. The maximum Gasteiger partial charge on any atom is 0.434 e. The van der Waals surface area contributed by atoms with E-state index in [1.54, 1.807) is 0 Å². The fraction of sp³-hybridized carbons (Fsp3) is 0.407. The lowest BCUT2D eigenvalue weighted by molar-refractivity contribution is -0.765. The maximum absolute atomic E-state index is 12.8. The summed E-state index contributed by atoms with van der Waals surface area (Å²) in [7, 11) is -10.9. The molecule has 1 amide bonds. The zero-order valence-electron chi connectivity index (χ0n) is 26.3. The Hall–Kier alpha value is -3.58. The number of anilines is 1. The van der Waals surface area contributed by atoms with Crippen LogP contribution in [0.2, 0.25) is 0 Å². The molecule has 0 aliphatic carbocycles. The first-order chi connectivity index (χ1) is 24.6. The number of aliphatic hydroxyl groups is 5. The third-order valence-electron chi connectivity index (χ3n) is 8.65. The van der Waals surface area contributed by atoms with Crippen LogP contribution in [0.15, 0.2) is 55.6 Å². The van der Waals surface area contributed by atoms with E-state index in [1.807, 2.05) is 0 Å². The first-order valence-corrected chi connectivity index (χ1v) is 18.2. The molecule has 3 aliphatic heterocycles. The third-order valence-corrected chi connectivity index (χ3v) is 11.2. The Balaban J connectivity index is 0.949. The first-order valence-electron chi connectivity index (χ1n) is 15.2. The molecule has 0 saturated carbocycles. The van der Waals surface area contributed by atoms with Gasteiger partial charge in [0.15, 0.2) is 41.9 Å². The second-order valence-corrected chi connectivity index (χ2v) is 14.9. The van der Waals surface area contributed by atoms with Crippen LogP contribution in [0, 0.1) is 0 Å². The highest BCUT2D eigenvalue weighted by atomic mass is 31.3. The predicted molar refractivity (Wildman–Crippen MR) is 164 cm³/mol. The van der Waals surface area contributed by atoms with Crippen molar-refractivity contribution in [1.29, 1.82) is 0 Å². The van der Waals surface area contributed by atoms with Crippen molar-refractivity contribution >= 4 is 39.2 Å². The molecule has 11 atom stereocenters. The van der Waals surface area contributed by atoms with Gasteiger partial charge in [-0.1, -0.05) is 0 Å². The molecule has 4 aromatic rings. The van der Waals surface area contributed by atoms with Gasteiger partial charge in [-0.3, -0.25) is 14.3 Å². The van der Waals surface area contributed by atoms with E-state index in [0.717, 1.165) is 6.33 Å². The second-order valence-electron chi connectivity index (χ2n) is 11.9. The van der Waals surface area contributed by atoms with E-state index in [0.29, 0.717) is 5.56 Å². The van der Waals surface area contributed by atoms with Gasteiger partial charge in [-0.25, -0.2) is 15.0 Å². The van der Waals surface area contributed by atoms with E-state index in [4.69, 9.17) is 24.3 Å². The van der Waals surface area contributed by atoms with Crippen LogP contribution in [0.3, 0.4) is 0 Å². The topological polar surface area (TPSA) is 349 Å². The Bertz CT molecular complexity index is 1960. The van der Waals surface area contributed by atoms with E-state index in [9.17, 15) is 49.9 Å². The summed E-state index contributed by atoms with van der Waals surface area (Å²) in [5, 5.41) is 56.1. The minimum absolute atomic E-state index is 0.0225. The smallest absolute Gasteiger partial charge is 0.434 e. The summed E-state index contributed by atoms with van der Waals surface area (Å²) < 4.78 is 27.5. The summed E-state index contributed by atoms with van der Waals surface area (Å²) in [4.78, 5) is 74.1. The number of nitrogens with zero attached hydrogens (tertiary/aromatic N) is 6. The van der Waals surface area contributed by atoms with Gasteiger partial charge in [0.2, 0.25) is 0 Å². The number of nitrogen functional groups attached to an aromatic ring is 1. The van der Waals surface area contributed by atoms with Crippen LogP contribution in [0.4, 0.5) is 5.82 Å². The van der Waals surface area contributed by atoms with Gasteiger partial charge in [-0.2, -0.15) is 23.4 Å². The van der Waals surface area contributed by atoms with Crippen LogP contribution in [-0.4, -0.2) is 116 Å². The van der Waals surface area contributed by atoms with E-state index in [1.165, 1.54) is 58.4 Å².